The number of hydrogen-bond acceptors (Lipinski definition) is 3. The lowest BCUT2D eigenvalue weighted by Gasteiger charge is -2.33. The molecule has 2 aliphatic rings. The van der Waals surface area contributed by atoms with E-state index in [0.717, 1.165) is 22.4 Å². The van der Waals surface area contributed by atoms with Crippen molar-refractivity contribution in [2.75, 3.05) is 6.54 Å². The predicted octanol–water partition coefficient (Wildman–Crippen LogP) is 3.65. The fourth-order valence-corrected chi connectivity index (χ4v) is 5.05. The maximum absolute atomic E-state index is 13.9. The summed E-state index contributed by atoms with van der Waals surface area (Å²) in [6, 6.07) is 25.5. The van der Waals surface area contributed by atoms with E-state index < -0.39 is 23.5 Å². The van der Waals surface area contributed by atoms with Crippen LogP contribution in [-0.2, 0) is 34.5 Å². The fraction of sp³-hybridized carbons (Fsp3) is 0.250. The van der Waals surface area contributed by atoms with Crippen molar-refractivity contribution < 1.29 is 14.4 Å². The number of carbonyl (C=O) groups excluding carboxylic acids is 3. The quantitative estimate of drug-likeness (QED) is 0.600. The fourth-order valence-electron chi connectivity index (χ4n) is 5.05. The smallest absolute Gasteiger partial charge is 0.326 e. The Kier molecular flexibility index (Phi) is 5.65. The van der Waals surface area contributed by atoms with Gasteiger partial charge in [-0.05, 0) is 35.6 Å². The summed E-state index contributed by atoms with van der Waals surface area (Å²) in [5, 5.41) is 2.95. The summed E-state index contributed by atoms with van der Waals surface area (Å²) in [6.45, 7) is 2.69. The molecule has 1 N–H and O–H groups in total. The van der Waals surface area contributed by atoms with Crippen molar-refractivity contribution in [1.82, 2.24) is 15.1 Å². The first-order valence-corrected chi connectivity index (χ1v) is 11.6. The first-order valence-electron chi connectivity index (χ1n) is 11.6. The van der Waals surface area contributed by atoms with E-state index in [4.69, 9.17) is 0 Å². The van der Waals surface area contributed by atoms with E-state index in [0.29, 0.717) is 25.1 Å². The van der Waals surface area contributed by atoms with Crippen LogP contribution in [0.3, 0.4) is 0 Å². The SMILES string of the molecule is C[C@H](C(=O)N1CCc2ccccc2C1)N1C(=O)N[C@](Cc2ccccc2)(c2ccccc2)C1=O. The first-order chi connectivity index (χ1) is 16.5. The number of urea groups is 1. The number of benzene rings is 3. The maximum atomic E-state index is 13.9. The van der Waals surface area contributed by atoms with Crippen LogP contribution < -0.4 is 5.32 Å². The number of rotatable bonds is 5. The molecule has 2 aliphatic heterocycles. The number of hydrogen-bond donors (Lipinski definition) is 1. The Hall–Kier alpha value is -3.93. The normalized spacial score (nSPS) is 20.6. The number of amides is 4. The van der Waals surface area contributed by atoms with Crippen molar-refractivity contribution >= 4 is 17.8 Å². The zero-order chi connectivity index (χ0) is 23.7. The summed E-state index contributed by atoms with van der Waals surface area (Å²) in [5.74, 6) is -0.618. The molecule has 3 aromatic rings. The Morgan fingerprint density at radius 3 is 2.24 bits per heavy atom. The maximum Gasteiger partial charge on any atom is 0.326 e. The van der Waals surface area contributed by atoms with Gasteiger partial charge in [0, 0.05) is 19.5 Å². The minimum atomic E-state index is -1.26. The molecule has 0 radical (unpaired) electrons. The first kappa shape index (κ1) is 21.9. The number of carbonyl (C=O) groups is 3. The van der Waals surface area contributed by atoms with Crippen LogP contribution in [0.15, 0.2) is 84.9 Å². The van der Waals surface area contributed by atoms with Gasteiger partial charge in [-0.25, -0.2) is 9.69 Å². The van der Waals surface area contributed by atoms with Gasteiger partial charge in [-0.3, -0.25) is 9.59 Å². The highest BCUT2D eigenvalue weighted by molar-refractivity contribution is 6.10. The molecule has 1 saturated heterocycles. The molecule has 0 spiro atoms. The second-order valence-corrected chi connectivity index (χ2v) is 8.99. The number of imide groups is 1. The second-order valence-electron chi connectivity index (χ2n) is 8.99. The summed E-state index contributed by atoms with van der Waals surface area (Å²) in [4.78, 5) is 43.5. The summed E-state index contributed by atoms with van der Waals surface area (Å²) in [5.41, 5.74) is 2.71. The molecule has 2 atom stereocenters. The van der Waals surface area contributed by atoms with Gasteiger partial charge in [-0.1, -0.05) is 84.9 Å². The molecule has 5 rings (SSSR count). The van der Waals surface area contributed by atoms with E-state index >= 15 is 0 Å². The van der Waals surface area contributed by atoms with Crippen molar-refractivity contribution in [2.45, 2.75) is 37.9 Å². The van der Waals surface area contributed by atoms with Crippen LogP contribution in [0.25, 0.3) is 0 Å². The molecule has 3 aromatic carbocycles. The van der Waals surface area contributed by atoms with E-state index in [1.54, 1.807) is 11.8 Å². The third kappa shape index (κ3) is 3.75. The molecular weight excluding hydrogens is 426 g/mol. The van der Waals surface area contributed by atoms with Crippen LogP contribution >= 0.6 is 0 Å². The lowest BCUT2D eigenvalue weighted by molar-refractivity contribution is -0.143. The largest absolute Gasteiger partial charge is 0.336 e. The second kappa shape index (κ2) is 8.78. The van der Waals surface area contributed by atoms with Crippen LogP contribution in [0.1, 0.15) is 29.2 Å². The Bertz CT molecular complexity index is 1230. The molecule has 0 unspecified atom stereocenters. The van der Waals surface area contributed by atoms with Gasteiger partial charge >= 0.3 is 6.03 Å². The van der Waals surface area contributed by atoms with Crippen molar-refractivity contribution in [3.63, 3.8) is 0 Å². The Morgan fingerprint density at radius 1 is 0.912 bits per heavy atom. The van der Waals surface area contributed by atoms with E-state index in [2.05, 4.69) is 11.4 Å². The lowest BCUT2D eigenvalue weighted by Crippen LogP contribution is -2.52. The molecule has 1 fully saturated rings. The molecule has 172 valence electrons. The average Bonchev–Trinajstić information content (AvgIpc) is 3.13. The zero-order valence-electron chi connectivity index (χ0n) is 19.1. The van der Waals surface area contributed by atoms with Gasteiger partial charge in [0.2, 0.25) is 5.91 Å². The molecule has 0 aliphatic carbocycles. The molecule has 2 heterocycles. The molecule has 34 heavy (non-hydrogen) atoms. The van der Waals surface area contributed by atoms with Gasteiger partial charge in [0.15, 0.2) is 5.54 Å². The lowest BCUT2D eigenvalue weighted by atomic mass is 9.83. The van der Waals surface area contributed by atoms with Crippen LogP contribution in [0.5, 0.6) is 0 Å². The Morgan fingerprint density at radius 2 is 1.53 bits per heavy atom. The van der Waals surface area contributed by atoms with Crippen molar-refractivity contribution in [3.05, 3.63) is 107 Å². The van der Waals surface area contributed by atoms with Crippen LogP contribution in [-0.4, -0.2) is 40.2 Å². The number of nitrogens with zero attached hydrogens (tertiary/aromatic N) is 2. The summed E-state index contributed by atoms with van der Waals surface area (Å²) >= 11 is 0. The van der Waals surface area contributed by atoms with Crippen LogP contribution in [0.4, 0.5) is 4.79 Å². The molecule has 4 amide bonds. The van der Waals surface area contributed by atoms with Crippen LogP contribution in [0, 0.1) is 0 Å². The monoisotopic (exact) mass is 453 g/mol. The van der Waals surface area contributed by atoms with Crippen molar-refractivity contribution in [1.29, 1.82) is 0 Å². The van der Waals surface area contributed by atoms with Crippen LogP contribution in [0.2, 0.25) is 0 Å². The Labute approximate surface area is 199 Å². The summed E-state index contributed by atoms with van der Waals surface area (Å²) in [6.07, 6.45) is 1.06. The van der Waals surface area contributed by atoms with Gasteiger partial charge in [-0.15, -0.1) is 0 Å². The summed E-state index contributed by atoms with van der Waals surface area (Å²) in [7, 11) is 0. The average molecular weight is 454 g/mol. The minimum absolute atomic E-state index is 0.221. The number of nitrogens with one attached hydrogen (secondary N) is 1. The third-order valence-corrected chi connectivity index (χ3v) is 6.89. The zero-order valence-corrected chi connectivity index (χ0v) is 19.1. The molecule has 6 nitrogen and oxygen atoms in total. The number of fused-ring (bicyclic) bond motifs is 1. The van der Waals surface area contributed by atoms with Gasteiger partial charge in [0.1, 0.15) is 6.04 Å². The van der Waals surface area contributed by atoms with Gasteiger partial charge in [0.05, 0.1) is 0 Å². The van der Waals surface area contributed by atoms with Crippen molar-refractivity contribution in [2.24, 2.45) is 0 Å². The molecular formula is C28H27N3O3. The molecule has 0 saturated carbocycles. The molecule has 0 aromatic heterocycles. The highest BCUT2D eigenvalue weighted by Crippen LogP contribution is 2.34. The van der Waals surface area contributed by atoms with Gasteiger partial charge in [0.25, 0.3) is 5.91 Å². The van der Waals surface area contributed by atoms with E-state index in [9.17, 15) is 14.4 Å². The predicted molar refractivity (Wildman–Crippen MR) is 129 cm³/mol. The van der Waals surface area contributed by atoms with Gasteiger partial charge in [-0.2, -0.15) is 0 Å². The van der Waals surface area contributed by atoms with E-state index in [1.165, 1.54) is 5.56 Å². The Balaban J connectivity index is 1.44. The topological polar surface area (TPSA) is 69.7 Å². The van der Waals surface area contributed by atoms with Crippen molar-refractivity contribution in [3.8, 4) is 0 Å². The molecule has 0 bridgehead atoms. The third-order valence-electron chi connectivity index (χ3n) is 6.89. The highest BCUT2D eigenvalue weighted by atomic mass is 16.2. The van der Waals surface area contributed by atoms with E-state index in [-0.39, 0.29) is 5.91 Å². The van der Waals surface area contributed by atoms with Gasteiger partial charge < -0.3 is 10.2 Å². The van der Waals surface area contributed by atoms with E-state index in [1.807, 2.05) is 78.9 Å². The molecule has 6 heteroatoms. The standard InChI is InChI=1S/C28H27N3O3/c1-20(25(32)30-17-16-22-12-8-9-13-23(22)19-30)31-26(33)28(29-27(31)34,24-14-6-3-7-15-24)18-21-10-4-2-5-11-21/h2-15,20H,16-19H2,1H3,(H,29,34)/t20-,28-/m1/s1. The minimum Gasteiger partial charge on any atom is -0.336 e. The highest BCUT2D eigenvalue weighted by Gasteiger charge is 2.55. The summed E-state index contributed by atoms with van der Waals surface area (Å²) < 4.78 is 0.